The molecule has 1 aliphatic heterocycles. The van der Waals surface area contributed by atoms with E-state index in [1.165, 1.54) is 11.0 Å². The Balaban J connectivity index is 1.49. The minimum Gasteiger partial charge on any atom is -0.354 e. The standard InChI is InChI=1S/C19H24ClN5O2/c20-15-7-4-8-21-18(15)24-11-9-23(10-12-24)16-13-17(26)25(19(27)22-16)14-5-2-1-3-6-14/h4,7-8,13-14H,1-3,5-6,9-12H2,(H,22,27). The molecule has 7 nitrogen and oxygen atoms in total. The van der Waals surface area contributed by atoms with Crippen LogP contribution >= 0.6 is 11.6 Å². The van der Waals surface area contributed by atoms with Crippen LogP contribution in [-0.2, 0) is 0 Å². The number of aromatic amines is 1. The lowest BCUT2D eigenvalue weighted by molar-refractivity contribution is 0.336. The third-order valence-electron chi connectivity index (χ3n) is 5.55. The molecule has 0 radical (unpaired) electrons. The molecule has 2 aromatic heterocycles. The number of nitrogens with one attached hydrogen (secondary N) is 1. The summed E-state index contributed by atoms with van der Waals surface area (Å²) < 4.78 is 1.41. The molecule has 144 valence electrons. The molecule has 4 rings (SSSR count). The summed E-state index contributed by atoms with van der Waals surface area (Å²) in [5.41, 5.74) is -0.490. The Kier molecular flexibility index (Phi) is 5.20. The van der Waals surface area contributed by atoms with Crippen LogP contribution < -0.4 is 21.0 Å². The zero-order valence-electron chi connectivity index (χ0n) is 15.2. The maximum Gasteiger partial charge on any atom is 0.330 e. The van der Waals surface area contributed by atoms with Crippen molar-refractivity contribution >= 4 is 23.2 Å². The highest BCUT2D eigenvalue weighted by atomic mass is 35.5. The molecule has 0 spiro atoms. The number of halogens is 1. The van der Waals surface area contributed by atoms with Crippen LogP contribution in [0.4, 0.5) is 11.6 Å². The lowest BCUT2D eigenvalue weighted by atomic mass is 9.95. The molecule has 1 N–H and O–H groups in total. The maximum atomic E-state index is 12.6. The smallest absolute Gasteiger partial charge is 0.330 e. The van der Waals surface area contributed by atoms with Crippen LogP contribution in [0.15, 0.2) is 34.0 Å². The van der Waals surface area contributed by atoms with Gasteiger partial charge in [0.05, 0.1) is 5.02 Å². The number of aromatic nitrogens is 3. The topological polar surface area (TPSA) is 74.2 Å². The van der Waals surface area contributed by atoms with Crippen LogP contribution in [0.1, 0.15) is 38.1 Å². The monoisotopic (exact) mass is 389 g/mol. The molecule has 2 fully saturated rings. The molecule has 0 aromatic carbocycles. The lowest BCUT2D eigenvalue weighted by Gasteiger charge is -2.36. The molecule has 0 amide bonds. The second-order valence-electron chi connectivity index (χ2n) is 7.24. The number of hydrogen-bond donors (Lipinski definition) is 1. The minimum atomic E-state index is -0.292. The highest BCUT2D eigenvalue weighted by molar-refractivity contribution is 6.32. The Morgan fingerprint density at radius 1 is 1.04 bits per heavy atom. The molecule has 27 heavy (non-hydrogen) atoms. The Hall–Kier alpha value is -2.28. The first-order valence-electron chi connectivity index (χ1n) is 9.60. The quantitative estimate of drug-likeness (QED) is 0.872. The molecular weight excluding hydrogens is 366 g/mol. The summed E-state index contributed by atoms with van der Waals surface area (Å²) in [5.74, 6) is 1.38. The number of piperazine rings is 1. The first-order chi connectivity index (χ1) is 13.1. The molecule has 0 unspecified atom stereocenters. The minimum absolute atomic E-state index is 0.0344. The van der Waals surface area contributed by atoms with Gasteiger partial charge >= 0.3 is 5.69 Å². The Bertz CT molecular complexity index is 880. The van der Waals surface area contributed by atoms with E-state index in [1.807, 2.05) is 17.0 Å². The van der Waals surface area contributed by atoms with Gasteiger partial charge in [0.15, 0.2) is 0 Å². The van der Waals surface area contributed by atoms with Crippen molar-refractivity contribution in [2.24, 2.45) is 0 Å². The van der Waals surface area contributed by atoms with Crippen LogP contribution in [-0.4, -0.2) is 40.7 Å². The van der Waals surface area contributed by atoms with Crippen molar-refractivity contribution in [3.63, 3.8) is 0 Å². The fourth-order valence-corrected chi connectivity index (χ4v) is 4.36. The summed E-state index contributed by atoms with van der Waals surface area (Å²) in [7, 11) is 0. The molecule has 1 saturated heterocycles. The molecule has 1 saturated carbocycles. The van der Waals surface area contributed by atoms with Crippen LogP contribution in [0, 0.1) is 0 Å². The zero-order chi connectivity index (χ0) is 18.8. The molecule has 2 aliphatic rings. The lowest BCUT2D eigenvalue weighted by Crippen LogP contribution is -2.48. The van der Waals surface area contributed by atoms with Gasteiger partial charge in [0, 0.05) is 44.5 Å². The average Bonchev–Trinajstić information content (AvgIpc) is 2.69. The molecular formula is C19H24ClN5O2. The van der Waals surface area contributed by atoms with Gasteiger partial charge in [0.25, 0.3) is 5.56 Å². The second kappa shape index (κ2) is 7.76. The molecule has 0 atom stereocenters. The Morgan fingerprint density at radius 2 is 1.74 bits per heavy atom. The second-order valence-corrected chi connectivity index (χ2v) is 7.65. The summed E-state index contributed by atoms with van der Waals surface area (Å²) in [6, 6.07) is 5.25. The summed E-state index contributed by atoms with van der Waals surface area (Å²) in [6.45, 7) is 2.83. The molecule has 8 heteroatoms. The first kappa shape index (κ1) is 18.1. The van der Waals surface area contributed by atoms with Crippen molar-refractivity contribution in [2.45, 2.75) is 38.1 Å². The van der Waals surface area contributed by atoms with E-state index in [2.05, 4.69) is 14.9 Å². The molecule has 1 aliphatic carbocycles. The van der Waals surface area contributed by atoms with E-state index < -0.39 is 0 Å². The summed E-state index contributed by atoms with van der Waals surface area (Å²) >= 11 is 6.23. The van der Waals surface area contributed by atoms with E-state index >= 15 is 0 Å². The number of nitrogens with zero attached hydrogens (tertiary/aromatic N) is 4. The number of anilines is 2. The van der Waals surface area contributed by atoms with Gasteiger partial charge in [-0.3, -0.25) is 14.3 Å². The van der Waals surface area contributed by atoms with Crippen molar-refractivity contribution in [3.05, 3.63) is 50.3 Å². The van der Waals surface area contributed by atoms with Crippen molar-refractivity contribution in [3.8, 4) is 0 Å². The van der Waals surface area contributed by atoms with Gasteiger partial charge in [0.1, 0.15) is 11.6 Å². The fourth-order valence-electron chi connectivity index (χ4n) is 4.12. The molecule has 2 aromatic rings. The van der Waals surface area contributed by atoms with Gasteiger partial charge in [-0.1, -0.05) is 30.9 Å². The van der Waals surface area contributed by atoms with Crippen molar-refractivity contribution in [1.82, 2.24) is 14.5 Å². The Morgan fingerprint density at radius 3 is 2.41 bits per heavy atom. The zero-order valence-corrected chi connectivity index (χ0v) is 16.0. The van der Waals surface area contributed by atoms with E-state index in [4.69, 9.17) is 11.6 Å². The SMILES string of the molecule is O=c1cc(N2CCN(c3ncccc3Cl)CC2)[nH]c(=O)n1C1CCCCC1. The number of H-pyrrole nitrogens is 1. The van der Waals surface area contributed by atoms with E-state index in [0.717, 1.165) is 44.6 Å². The normalized spacial score (nSPS) is 18.7. The third kappa shape index (κ3) is 3.74. The van der Waals surface area contributed by atoms with E-state index in [9.17, 15) is 9.59 Å². The van der Waals surface area contributed by atoms with Crippen LogP contribution in [0.25, 0.3) is 0 Å². The highest BCUT2D eigenvalue weighted by Crippen LogP contribution is 2.26. The third-order valence-corrected chi connectivity index (χ3v) is 5.85. The average molecular weight is 390 g/mol. The number of rotatable bonds is 3. The summed E-state index contributed by atoms with van der Waals surface area (Å²) in [6.07, 6.45) is 6.89. The van der Waals surface area contributed by atoms with Gasteiger partial charge < -0.3 is 9.80 Å². The predicted octanol–water partition coefficient (Wildman–Crippen LogP) is 2.42. The maximum absolute atomic E-state index is 12.6. The van der Waals surface area contributed by atoms with E-state index in [1.54, 1.807) is 12.3 Å². The largest absolute Gasteiger partial charge is 0.354 e. The fraction of sp³-hybridized carbons (Fsp3) is 0.526. The van der Waals surface area contributed by atoms with Gasteiger partial charge in [-0.15, -0.1) is 0 Å². The summed E-state index contributed by atoms with van der Waals surface area (Å²) in [4.78, 5) is 36.6. The van der Waals surface area contributed by atoms with Crippen LogP contribution in [0.5, 0.6) is 0 Å². The first-order valence-corrected chi connectivity index (χ1v) is 9.97. The van der Waals surface area contributed by atoms with Gasteiger partial charge in [-0.2, -0.15) is 0 Å². The van der Waals surface area contributed by atoms with Crippen LogP contribution in [0.3, 0.4) is 0 Å². The van der Waals surface area contributed by atoms with Crippen molar-refractivity contribution < 1.29 is 0 Å². The number of hydrogen-bond acceptors (Lipinski definition) is 5. The molecule has 0 bridgehead atoms. The van der Waals surface area contributed by atoms with E-state index in [-0.39, 0.29) is 17.3 Å². The number of pyridine rings is 1. The molecule has 3 heterocycles. The Labute approximate surface area is 162 Å². The van der Waals surface area contributed by atoms with E-state index in [0.29, 0.717) is 23.9 Å². The predicted molar refractivity (Wildman–Crippen MR) is 107 cm³/mol. The van der Waals surface area contributed by atoms with Gasteiger partial charge in [-0.05, 0) is 25.0 Å². The van der Waals surface area contributed by atoms with Crippen molar-refractivity contribution in [2.75, 3.05) is 36.0 Å². The highest BCUT2D eigenvalue weighted by Gasteiger charge is 2.23. The van der Waals surface area contributed by atoms with Gasteiger partial charge in [0.2, 0.25) is 0 Å². The van der Waals surface area contributed by atoms with Gasteiger partial charge in [-0.25, -0.2) is 9.78 Å². The van der Waals surface area contributed by atoms with Crippen molar-refractivity contribution in [1.29, 1.82) is 0 Å². The van der Waals surface area contributed by atoms with Crippen LogP contribution in [0.2, 0.25) is 5.02 Å². The summed E-state index contributed by atoms with van der Waals surface area (Å²) in [5, 5.41) is 0.634.